The van der Waals surface area contributed by atoms with Crippen molar-refractivity contribution in [2.24, 2.45) is 5.92 Å². The molecule has 6 nitrogen and oxygen atoms in total. The summed E-state index contributed by atoms with van der Waals surface area (Å²) in [5.41, 5.74) is 0. The van der Waals surface area contributed by atoms with Crippen LogP contribution >= 0.6 is 0 Å². The number of aromatic nitrogens is 2. The quantitative estimate of drug-likeness (QED) is 0.785. The number of nitrogens with zero attached hydrogens (tertiary/aromatic N) is 5. The third-order valence-electron chi connectivity index (χ3n) is 3.33. The lowest BCUT2D eigenvalue weighted by atomic mass is 10.1. The number of hydrogen-bond donors (Lipinski definition) is 0. The lowest BCUT2D eigenvalue weighted by Crippen LogP contribution is -2.45. The lowest BCUT2D eigenvalue weighted by Gasteiger charge is -2.35. The topological polar surface area (TPSA) is 69.2 Å². The summed E-state index contributed by atoms with van der Waals surface area (Å²) in [5, 5.41) is 12.8. The predicted octanol–water partition coefficient (Wildman–Crippen LogP) is 0.690. The fourth-order valence-electron chi connectivity index (χ4n) is 2.08. The summed E-state index contributed by atoms with van der Waals surface area (Å²) in [6.07, 6.45) is 0.524. The van der Waals surface area contributed by atoms with Gasteiger partial charge in [-0.3, -0.25) is 4.90 Å². The van der Waals surface area contributed by atoms with Crippen LogP contribution in [0.15, 0.2) is 4.52 Å². The van der Waals surface area contributed by atoms with E-state index in [0.717, 1.165) is 25.5 Å². The first-order valence-electron chi connectivity index (χ1n) is 6.21. The van der Waals surface area contributed by atoms with E-state index in [1.54, 1.807) is 0 Å². The van der Waals surface area contributed by atoms with Crippen molar-refractivity contribution >= 4 is 0 Å². The number of piperazine rings is 1. The minimum absolute atomic E-state index is 0.0925. The van der Waals surface area contributed by atoms with Crippen LogP contribution < -0.4 is 0 Å². The van der Waals surface area contributed by atoms with Gasteiger partial charge in [0.15, 0.2) is 5.82 Å². The molecule has 18 heavy (non-hydrogen) atoms. The molecule has 1 fully saturated rings. The highest BCUT2D eigenvalue weighted by Crippen LogP contribution is 2.21. The van der Waals surface area contributed by atoms with E-state index in [-0.39, 0.29) is 12.0 Å². The average Bonchev–Trinajstić information content (AvgIpc) is 2.80. The van der Waals surface area contributed by atoms with Gasteiger partial charge in [0, 0.05) is 26.1 Å². The van der Waals surface area contributed by atoms with Gasteiger partial charge in [-0.05, 0) is 21.0 Å². The van der Waals surface area contributed by atoms with Crippen LogP contribution in [0, 0.1) is 17.2 Å². The molecular formula is C12H19N5O. The van der Waals surface area contributed by atoms with Gasteiger partial charge in [-0.25, -0.2) is 0 Å². The standard InChI is InChI=1S/C12H19N5O/c1-9(7-13)6-11-14-12(15-18-11)10-8-16(2)4-5-17(10)3/h9-10H,4-6,8H2,1-3H3. The van der Waals surface area contributed by atoms with Crippen molar-refractivity contribution in [2.45, 2.75) is 19.4 Å². The Balaban J connectivity index is 2.07. The molecular weight excluding hydrogens is 230 g/mol. The van der Waals surface area contributed by atoms with E-state index in [4.69, 9.17) is 9.78 Å². The smallest absolute Gasteiger partial charge is 0.228 e. The van der Waals surface area contributed by atoms with E-state index in [0.29, 0.717) is 12.3 Å². The first kappa shape index (κ1) is 13.0. The summed E-state index contributed by atoms with van der Waals surface area (Å²) >= 11 is 0. The molecule has 98 valence electrons. The number of nitriles is 1. The molecule has 2 rings (SSSR count). The molecule has 0 amide bonds. The summed E-state index contributed by atoms with van der Waals surface area (Å²) in [5.74, 6) is 1.19. The maximum atomic E-state index is 8.77. The van der Waals surface area contributed by atoms with Crippen LogP contribution in [-0.4, -0.2) is 53.7 Å². The Bertz CT molecular complexity index is 438. The Kier molecular flexibility index (Phi) is 3.94. The summed E-state index contributed by atoms with van der Waals surface area (Å²) in [4.78, 5) is 8.91. The number of rotatable bonds is 3. The second-order valence-electron chi connectivity index (χ2n) is 5.04. The minimum atomic E-state index is -0.0925. The lowest BCUT2D eigenvalue weighted by molar-refractivity contribution is 0.108. The van der Waals surface area contributed by atoms with Crippen molar-refractivity contribution in [3.05, 3.63) is 11.7 Å². The van der Waals surface area contributed by atoms with Crippen LogP contribution in [0.25, 0.3) is 0 Å². The number of hydrogen-bond acceptors (Lipinski definition) is 6. The fraction of sp³-hybridized carbons (Fsp3) is 0.750. The summed E-state index contributed by atoms with van der Waals surface area (Å²) in [6.45, 7) is 4.82. The van der Waals surface area contributed by atoms with Gasteiger partial charge in [0.2, 0.25) is 5.89 Å². The van der Waals surface area contributed by atoms with Crippen molar-refractivity contribution in [1.29, 1.82) is 5.26 Å². The van der Waals surface area contributed by atoms with Crippen LogP contribution in [0.3, 0.4) is 0 Å². The Morgan fingerprint density at radius 1 is 1.50 bits per heavy atom. The van der Waals surface area contributed by atoms with Crippen LogP contribution in [0.1, 0.15) is 24.7 Å². The van der Waals surface area contributed by atoms with Crippen LogP contribution in [-0.2, 0) is 6.42 Å². The van der Waals surface area contributed by atoms with Crippen molar-refractivity contribution in [2.75, 3.05) is 33.7 Å². The minimum Gasteiger partial charge on any atom is -0.339 e. The highest BCUT2D eigenvalue weighted by molar-refractivity contribution is 4.99. The molecule has 6 heteroatoms. The molecule has 2 unspecified atom stereocenters. The third-order valence-corrected chi connectivity index (χ3v) is 3.33. The Hall–Kier alpha value is -1.45. The summed E-state index contributed by atoms with van der Waals surface area (Å²) < 4.78 is 5.22. The maximum Gasteiger partial charge on any atom is 0.228 e. The van der Waals surface area contributed by atoms with E-state index in [9.17, 15) is 0 Å². The summed E-state index contributed by atoms with van der Waals surface area (Å²) in [6, 6.07) is 2.35. The number of likely N-dealkylation sites (N-methyl/N-ethyl adjacent to an activating group) is 2. The monoisotopic (exact) mass is 249 g/mol. The van der Waals surface area contributed by atoms with E-state index >= 15 is 0 Å². The molecule has 0 radical (unpaired) electrons. The first-order chi connectivity index (χ1) is 8.60. The molecule has 0 aliphatic carbocycles. The zero-order valence-corrected chi connectivity index (χ0v) is 11.1. The second-order valence-corrected chi connectivity index (χ2v) is 5.04. The Labute approximate surface area is 107 Å². The average molecular weight is 249 g/mol. The second kappa shape index (κ2) is 5.46. The molecule has 1 aliphatic rings. The van der Waals surface area contributed by atoms with Crippen LogP contribution in [0.5, 0.6) is 0 Å². The normalized spacial score (nSPS) is 23.8. The highest BCUT2D eigenvalue weighted by Gasteiger charge is 2.27. The van der Waals surface area contributed by atoms with Crippen molar-refractivity contribution in [3.63, 3.8) is 0 Å². The van der Waals surface area contributed by atoms with Gasteiger partial charge in [0.1, 0.15) is 0 Å². The third kappa shape index (κ3) is 2.86. The van der Waals surface area contributed by atoms with E-state index in [1.165, 1.54) is 0 Å². The van der Waals surface area contributed by atoms with Gasteiger partial charge >= 0.3 is 0 Å². The Morgan fingerprint density at radius 2 is 2.28 bits per heavy atom. The van der Waals surface area contributed by atoms with Gasteiger partial charge in [0.05, 0.1) is 18.0 Å². The zero-order chi connectivity index (χ0) is 13.1. The van der Waals surface area contributed by atoms with Crippen molar-refractivity contribution in [3.8, 4) is 6.07 Å². The molecule has 1 aliphatic heterocycles. The molecule has 1 aromatic rings. The summed E-state index contributed by atoms with van der Waals surface area (Å²) in [7, 11) is 4.17. The van der Waals surface area contributed by atoms with Crippen molar-refractivity contribution < 1.29 is 4.52 Å². The van der Waals surface area contributed by atoms with Gasteiger partial charge in [-0.1, -0.05) is 5.16 Å². The van der Waals surface area contributed by atoms with E-state index in [1.807, 2.05) is 6.92 Å². The Morgan fingerprint density at radius 3 is 3.00 bits per heavy atom. The van der Waals surface area contributed by atoms with Crippen LogP contribution in [0.4, 0.5) is 0 Å². The molecule has 0 aromatic carbocycles. The molecule has 0 bridgehead atoms. The SMILES string of the molecule is CC(C#N)Cc1nc(C2CN(C)CCN2C)no1. The maximum absolute atomic E-state index is 8.77. The van der Waals surface area contributed by atoms with Gasteiger partial charge in [-0.15, -0.1) is 0 Å². The van der Waals surface area contributed by atoms with Gasteiger partial charge in [0.25, 0.3) is 0 Å². The molecule has 0 spiro atoms. The molecule has 2 heterocycles. The predicted molar refractivity (Wildman–Crippen MR) is 65.6 cm³/mol. The largest absolute Gasteiger partial charge is 0.339 e. The zero-order valence-electron chi connectivity index (χ0n) is 11.1. The van der Waals surface area contributed by atoms with Crippen molar-refractivity contribution in [1.82, 2.24) is 19.9 Å². The molecule has 0 N–H and O–H groups in total. The fourth-order valence-corrected chi connectivity index (χ4v) is 2.08. The highest BCUT2D eigenvalue weighted by atomic mass is 16.5. The first-order valence-corrected chi connectivity index (χ1v) is 6.21. The van der Waals surface area contributed by atoms with E-state index in [2.05, 4.69) is 40.1 Å². The van der Waals surface area contributed by atoms with Gasteiger partial charge in [-0.2, -0.15) is 10.2 Å². The molecule has 0 saturated carbocycles. The van der Waals surface area contributed by atoms with Crippen LogP contribution in [0.2, 0.25) is 0 Å². The molecule has 1 saturated heterocycles. The van der Waals surface area contributed by atoms with Gasteiger partial charge < -0.3 is 9.42 Å². The molecule has 2 atom stereocenters. The van der Waals surface area contributed by atoms with E-state index < -0.39 is 0 Å². The molecule has 1 aromatic heterocycles.